The second-order valence-electron chi connectivity index (χ2n) is 7.30. The summed E-state index contributed by atoms with van der Waals surface area (Å²) in [4.78, 5) is 49.4. The second kappa shape index (κ2) is 11.0. The summed E-state index contributed by atoms with van der Waals surface area (Å²) in [5, 5.41) is 3.64. The van der Waals surface area contributed by atoms with Crippen molar-refractivity contribution in [1.82, 2.24) is 10.4 Å². The fraction of sp³-hybridized carbons (Fsp3) is 0.304. The first kappa shape index (κ1) is 24.4. The van der Waals surface area contributed by atoms with Gasteiger partial charge in [-0.05, 0) is 24.3 Å². The van der Waals surface area contributed by atoms with E-state index in [0.717, 1.165) is 5.01 Å². The van der Waals surface area contributed by atoms with Gasteiger partial charge in [-0.15, -0.1) is 0 Å². The van der Waals surface area contributed by atoms with Gasteiger partial charge in [0.1, 0.15) is 17.2 Å². The maximum atomic E-state index is 12.6. The Hall–Kier alpha value is -4.28. The monoisotopic (exact) mass is 471 g/mol. The van der Waals surface area contributed by atoms with Crippen molar-refractivity contribution in [3.8, 4) is 17.2 Å². The van der Waals surface area contributed by atoms with E-state index in [0.29, 0.717) is 22.9 Å². The highest BCUT2D eigenvalue weighted by Crippen LogP contribution is 2.24. The number of carbonyl (C=O) groups excluding carboxylic acids is 4. The molecule has 3 amide bonds. The zero-order valence-electron chi connectivity index (χ0n) is 19.0. The lowest BCUT2D eigenvalue weighted by atomic mass is 10.1. The molecule has 0 aromatic heterocycles. The Morgan fingerprint density at radius 3 is 2.32 bits per heavy atom. The molecule has 1 saturated heterocycles. The molecule has 0 spiro atoms. The fourth-order valence-electron chi connectivity index (χ4n) is 3.29. The van der Waals surface area contributed by atoms with E-state index in [1.54, 1.807) is 30.3 Å². The Morgan fingerprint density at radius 2 is 1.68 bits per heavy atom. The highest BCUT2D eigenvalue weighted by molar-refractivity contribution is 5.97. The first-order valence-corrected chi connectivity index (χ1v) is 10.3. The number of nitrogens with one attached hydrogen (secondary N) is 2. The molecule has 0 bridgehead atoms. The van der Waals surface area contributed by atoms with Crippen LogP contribution in [0, 0.1) is 5.92 Å². The number of hydrazine groups is 1. The molecule has 34 heavy (non-hydrogen) atoms. The number of para-hydroxylation sites is 2. The van der Waals surface area contributed by atoms with Crippen molar-refractivity contribution < 1.29 is 38.1 Å². The van der Waals surface area contributed by atoms with Crippen molar-refractivity contribution in [2.45, 2.75) is 6.42 Å². The Labute approximate surface area is 195 Å². The molecule has 11 nitrogen and oxygen atoms in total. The van der Waals surface area contributed by atoms with Gasteiger partial charge in [-0.2, -0.15) is 0 Å². The molecule has 2 aromatic rings. The van der Waals surface area contributed by atoms with E-state index in [4.69, 9.17) is 18.9 Å². The number of benzene rings is 2. The maximum absolute atomic E-state index is 12.6. The van der Waals surface area contributed by atoms with Crippen LogP contribution in [0.3, 0.4) is 0 Å². The van der Waals surface area contributed by atoms with Crippen LogP contribution in [0.2, 0.25) is 0 Å². The van der Waals surface area contributed by atoms with Gasteiger partial charge in [0.25, 0.3) is 11.8 Å². The molecule has 1 fully saturated rings. The summed E-state index contributed by atoms with van der Waals surface area (Å²) in [6, 6.07) is 11.4. The summed E-state index contributed by atoms with van der Waals surface area (Å²) in [5.41, 5.74) is 3.12. The number of ether oxygens (including phenoxy) is 4. The van der Waals surface area contributed by atoms with Crippen LogP contribution in [0.4, 0.5) is 5.69 Å². The normalized spacial score (nSPS) is 14.9. The fourth-order valence-corrected chi connectivity index (χ4v) is 3.29. The quantitative estimate of drug-likeness (QED) is 0.525. The number of amides is 3. The topological polar surface area (TPSA) is 133 Å². The predicted octanol–water partition coefficient (Wildman–Crippen LogP) is 1.39. The Balaban J connectivity index is 1.53. The SMILES string of the molecule is COc1cc(OC)cc(C(=O)NN2C[C@@H](C(=O)OCC(=O)Nc3ccccc3OC)CC2=O)c1. The predicted molar refractivity (Wildman–Crippen MR) is 119 cm³/mol. The average Bonchev–Trinajstić information content (AvgIpc) is 3.22. The molecule has 0 saturated carbocycles. The minimum atomic E-state index is -0.827. The van der Waals surface area contributed by atoms with E-state index < -0.39 is 36.2 Å². The van der Waals surface area contributed by atoms with E-state index >= 15 is 0 Å². The highest BCUT2D eigenvalue weighted by Gasteiger charge is 2.37. The van der Waals surface area contributed by atoms with Gasteiger partial charge in [-0.1, -0.05) is 12.1 Å². The molecule has 0 aliphatic carbocycles. The van der Waals surface area contributed by atoms with Crippen LogP contribution in [0.25, 0.3) is 0 Å². The average molecular weight is 471 g/mol. The van der Waals surface area contributed by atoms with E-state index in [1.807, 2.05) is 0 Å². The van der Waals surface area contributed by atoms with Gasteiger partial charge in [-0.3, -0.25) is 29.6 Å². The lowest BCUT2D eigenvalue weighted by Gasteiger charge is -2.18. The van der Waals surface area contributed by atoms with Crippen molar-refractivity contribution in [2.75, 3.05) is 39.8 Å². The second-order valence-corrected chi connectivity index (χ2v) is 7.30. The molecular weight excluding hydrogens is 446 g/mol. The molecule has 1 atom stereocenters. The van der Waals surface area contributed by atoms with Gasteiger partial charge in [0.05, 0.1) is 39.5 Å². The number of hydrogen-bond donors (Lipinski definition) is 2. The molecule has 2 N–H and O–H groups in total. The van der Waals surface area contributed by atoms with Crippen LogP contribution in [0.1, 0.15) is 16.8 Å². The summed E-state index contributed by atoms with van der Waals surface area (Å²) < 4.78 is 20.5. The third-order valence-corrected chi connectivity index (χ3v) is 5.04. The Bertz CT molecular complexity index is 1070. The maximum Gasteiger partial charge on any atom is 0.311 e. The summed E-state index contributed by atoms with van der Waals surface area (Å²) in [5.74, 6) is -1.85. The van der Waals surface area contributed by atoms with Crippen molar-refractivity contribution in [3.05, 3.63) is 48.0 Å². The summed E-state index contributed by atoms with van der Waals surface area (Å²) in [7, 11) is 4.37. The van der Waals surface area contributed by atoms with Gasteiger partial charge < -0.3 is 24.3 Å². The lowest BCUT2D eigenvalue weighted by Crippen LogP contribution is -2.43. The zero-order valence-corrected chi connectivity index (χ0v) is 19.0. The Morgan fingerprint density at radius 1 is 1.00 bits per heavy atom. The van der Waals surface area contributed by atoms with Crippen molar-refractivity contribution in [1.29, 1.82) is 0 Å². The Kier molecular flexibility index (Phi) is 7.91. The van der Waals surface area contributed by atoms with Crippen LogP contribution >= 0.6 is 0 Å². The lowest BCUT2D eigenvalue weighted by molar-refractivity contribution is -0.151. The minimum Gasteiger partial charge on any atom is -0.497 e. The van der Waals surface area contributed by atoms with E-state index in [2.05, 4.69) is 10.7 Å². The van der Waals surface area contributed by atoms with Crippen LogP contribution in [-0.2, 0) is 19.1 Å². The van der Waals surface area contributed by atoms with Crippen molar-refractivity contribution >= 4 is 29.4 Å². The number of methoxy groups -OCH3 is 3. The number of anilines is 1. The molecule has 3 rings (SSSR count). The van der Waals surface area contributed by atoms with E-state index in [-0.39, 0.29) is 18.5 Å². The minimum absolute atomic E-state index is 0.0847. The molecular formula is C23H25N3O8. The first-order valence-electron chi connectivity index (χ1n) is 10.3. The number of rotatable bonds is 9. The zero-order chi connectivity index (χ0) is 24.7. The molecule has 0 radical (unpaired) electrons. The van der Waals surface area contributed by atoms with Gasteiger partial charge in [0, 0.05) is 18.1 Å². The third-order valence-electron chi connectivity index (χ3n) is 5.04. The number of esters is 1. The number of carbonyl (C=O) groups is 4. The summed E-state index contributed by atoms with van der Waals surface area (Å²) >= 11 is 0. The van der Waals surface area contributed by atoms with Crippen molar-refractivity contribution in [3.63, 3.8) is 0 Å². The standard InChI is InChI=1S/C23H25N3O8/c1-31-16-8-14(9-17(11-16)32-2)22(29)25-26-12-15(10-21(26)28)23(30)34-13-20(27)24-18-6-4-5-7-19(18)33-3/h4-9,11,15H,10,12-13H2,1-3H3,(H,24,27)(H,25,29)/t15-/m0/s1. The smallest absolute Gasteiger partial charge is 0.311 e. The van der Waals surface area contributed by atoms with Crippen molar-refractivity contribution in [2.24, 2.45) is 5.92 Å². The molecule has 180 valence electrons. The van der Waals surface area contributed by atoms with Gasteiger partial charge in [0.2, 0.25) is 5.91 Å². The van der Waals surface area contributed by atoms with Crippen LogP contribution in [0.15, 0.2) is 42.5 Å². The van der Waals surface area contributed by atoms with Gasteiger partial charge in [-0.25, -0.2) is 0 Å². The summed E-state index contributed by atoms with van der Waals surface area (Å²) in [6.07, 6.45) is -0.158. The number of hydrogen-bond acceptors (Lipinski definition) is 8. The van der Waals surface area contributed by atoms with Gasteiger partial charge >= 0.3 is 5.97 Å². The number of nitrogens with zero attached hydrogens (tertiary/aromatic N) is 1. The molecule has 1 aliphatic heterocycles. The molecule has 0 unspecified atom stereocenters. The molecule has 1 aliphatic rings. The van der Waals surface area contributed by atoms with E-state index in [9.17, 15) is 19.2 Å². The molecule has 11 heteroatoms. The van der Waals surface area contributed by atoms with E-state index in [1.165, 1.54) is 33.5 Å². The molecule has 1 heterocycles. The van der Waals surface area contributed by atoms with Crippen LogP contribution in [0.5, 0.6) is 17.2 Å². The van der Waals surface area contributed by atoms with Crippen LogP contribution < -0.4 is 25.0 Å². The first-order chi connectivity index (χ1) is 16.3. The van der Waals surface area contributed by atoms with Crippen LogP contribution in [-0.4, -0.2) is 63.2 Å². The van der Waals surface area contributed by atoms with Gasteiger partial charge in [0.15, 0.2) is 6.61 Å². The largest absolute Gasteiger partial charge is 0.497 e. The summed E-state index contributed by atoms with van der Waals surface area (Å²) in [6.45, 7) is -0.615. The molecule has 2 aromatic carbocycles. The highest BCUT2D eigenvalue weighted by atomic mass is 16.5. The third kappa shape index (κ3) is 5.94.